The lowest BCUT2D eigenvalue weighted by atomic mass is 10.1. The third-order valence-electron chi connectivity index (χ3n) is 4.43. The molecule has 0 aromatic carbocycles. The maximum absolute atomic E-state index is 10.3. The van der Waals surface area contributed by atoms with Crippen molar-refractivity contribution in [3.8, 4) is 0 Å². The molecule has 1 saturated heterocycles. The van der Waals surface area contributed by atoms with Crippen molar-refractivity contribution in [2.45, 2.75) is 30.5 Å². The van der Waals surface area contributed by atoms with Crippen molar-refractivity contribution in [2.75, 3.05) is 12.3 Å². The van der Waals surface area contributed by atoms with Gasteiger partial charge >= 0.3 is 0 Å². The minimum Gasteiger partial charge on any atom is -0.396 e. The third-order valence-corrected chi connectivity index (χ3v) is 4.43. The number of nitrogen functional groups attached to an aromatic ring is 1. The predicted molar refractivity (Wildman–Crippen MR) is 69.8 cm³/mol. The minimum atomic E-state index is -1.13. The van der Waals surface area contributed by atoms with E-state index >= 15 is 0 Å². The number of aliphatic hydroxyl groups excluding tert-OH is 3. The molecule has 1 spiro atoms. The van der Waals surface area contributed by atoms with Gasteiger partial charge in [-0.15, -0.1) is 0 Å². The molecular weight excluding hydrogens is 278 g/mol. The first-order chi connectivity index (χ1) is 10.1. The van der Waals surface area contributed by atoms with E-state index in [-0.39, 0.29) is 18.3 Å². The minimum absolute atomic E-state index is 0.0870. The van der Waals surface area contributed by atoms with Crippen LogP contribution in [0.2, 0.25) is 0 Å². The van der Waals surface area contributed by atoms with Gasteiger partial charge in [0.25, 0.3) is 0 Å². The van der Waals surface area contributed by atoms with E-state index in [1.807, 2.05) is 0 Å². The van der Waals surface area contributed by atoms with Crippen molar-refractivity contribution in [1.29, 1.82) is 0 Å². The Labute approximate surface area is 119 Å². The summed E-state index contributed by atoms with van der Waals surface area (Å²) < 4.78 is 7.37. The van der Waals surface area contributed by atoms with Crippen LogP contribution in [0.4, 0.5) is 5.82 Å². The van der Waals surface area contributed by atoms with Crippen LogP contribution in [0.25, 0.3) is 11.2 Å². The lowest BCUT2D eigenvalue weighted by Crippen LogP contribution is -2.34. The van der Waals surface area contributed by atoms with Crippen LogP contribution < -0.4 is 5.73 Å². The smallest absolute Gasteiger partial charge is 0.167 e. The van der Waals surface area contributed by atoms with Gasteiger partial charge in [-0.25, -0.2) is 15.0 Å². The second-order valence-corrected chi connectivity index (χ2v) is 5.57. The number of fused-ring (bicyclic) bond motifs is 1. The molecule has 1 saturated carbocycles. The van der Waals surface area contributed by atoms with Gasteiger partial charge in [0.1, 0.15) is 29.7 Å². The highest BCUT2D eigenvalue weighted by Gasteiger charge is 2.68. The van der Waals surface area contributed by atoms with Crippen molar-refractivity contribution < 1.29 is 20.1 Å². The molecule has 2 aromatic rings. The summed E-state index contributed by atoms with van der Waals surface area (Å²) in [7, 11) is 0. The lowest BCUT2D eigenvalue weighted by Gasteiger charge is -2.16. The van der Waals surface area contributed by atoms with Crippen LogP contribution in [0, 0.1) is 5.92 Å². The zero-order chi connectivity index (χ0) is 14.8. The fourth-order valence-corrected chi connectivity index (χ4v) is 3.14. The second-order valence-electron chi connectivity index (χ2n) is 5.57. The molecule has 0 bridgehead atoms. The number of rotatable bonds is 2. The Kier molecular flexibility index (Phi) is 2.52. The van der Waals surface area contributed by atoms with Gasteiger partial charge in [0.15, 0.2) is 17.7 Å². The number of nitrogens with zero attached hydrogens (tertiary/aromatic N) is 4. The van der Waals surface area contributed by atoms with Crippen molar-refractivity contribution in [1.82, 2.24) is 19.5 Å². The van der Waals surface area contributed by atoms with E-state index in [9.17, 15) is 15.3 Å². The highest BCUT2D eigenvalue weighted by atomic mass is 16.6. The van der Waals surface area contributed by atoms with Crippen molar-refractivity contribution in [2.24, 2.45) is 5.92 Å². The summed E-state index contributed by atoms with van der Waals surface area (Å²) in [6.07, 6.45) is 0.257. The van der Waals surface area contributed by atoms with Crippen LogP contribution in [-0.2, 0) is 4.74 Å². The van der Waals surface area contributed by atoms with E-state index in [1.165, 1.54) is 17.2 Å². The van der Waals surface area contributed by atoms with Crippen LogP contribution in [-0.4, -0.2) is 59.3 Å². The number of hydrogen-bond donors (Lipinski definition) is 4. The largest absolute Gasteiger partial charge is 0.396 e. The number of aromatic nitrogens is 4. The van der Waals surface area contributed by atoms with Crippen molar-refractivity contribution >= 4 is 17.0 Å². The van der Waals surface area contributed by atoms with E-state index in [2.05, 4.69) is 15.0 Å². The third kappa shape index (κ3) is 1.57. The predicted octanol–water partition coefficient (Wildman–Crippen LogP) is -1.59. The Bertz CT molecular complexity index is 706. The summed E-state index contributed by atoms with van der Waals surface area (Å²) in [6, 6.07) is 0. The Balaban J connectivity index is 1.75. The quantitative estimate of drug-likeness (QED) is 0.519. The van der Waals surface area contributed by atoms with Gasteiger partial charge < -0.3 is 25.8 Å². The molecule has 2 aromatic heterocycles. The van der Waals surface area contributed by atoms with Gasteiger partial charge in [0, 0.05) is 12.5 Å². The summed E-state index contributed by atoms with van der Waals surface area (Å²) in [4.78, 5) is 12.1. The standard InChI is InChI=1S/C12H15N5O4/c13-9-6-10(15-3-14-9)17(4-16-6)11-7(19)8(20)12(21-11)1-5(12)2-18/h3-5,7-8,11,18-20H,1-2H2,(H2,13,14,15)/t5-,7?,8+,11+,12-/m0/s1. The normalized spacial score (nSPS) is 38.4. The molecular formula is C12H15N5O4. The average Bonchev–Trinajstić information content (AvgIpc) is 2.94. The highest BCUT2D eigenvalue weighted by Crippen LogP contribution is 2.57. The van der Waals surface area contributed by atoms with Crippen LogP contribution in [0.5, 0.6) is 0 Å². The van der Waals surface area contributed by atoms with E-state index < -0.39 is 24.0 Å². The SMILES string of the molecule is Nc1ncnc2c1ncn2[C@@H]1O[C@]2(C[C@H]2CO)[C@H](O)C1O. The van der Waals surface area contributed by atoms with Crippen molar-refractivity contribution in [3.05, 3.63) is 12.7 Å². The number of imidazole rings is 1. The molecule has 1 aliphatic heterocycles. The first-order valence-electron chi connectivity index (χ1n) is 6.66. The molecule has 0 radical (unpaired) electrons. The molecule has 3 heterocycles. The maximum Gasteiger partial charge on any atom is 0.167 e. The van der Waals surface area contributed by atoms with Gasteiger partial charge in [-0.1, -0.05) is 0 Å². The van der Waals surface area contributed by atoms with E-state index in [0.717, 1.165) is 0 Å². The van der Waals surface area contributed by atoms with Gasteiger partial charge in [0.2, 0.25) is 0 Å². The van der Waals surface area contributed by atoms with E-state index in [0.29, 0.717) is 17.6 Å². The molecule has 5 N–H and O–H groups in total. The summed E-state index contributed by atoms with van der Waals surface area (Å²) in [5.41, 5.74) is 5.69. The number of nitrogens with two attached hydrogens (primary N) is 1. The van der Waals surface area contributed by atoms with Crippen LogP contribution in [0.15, 0.2) is 12.7 Å². The number of ether oxygens (including phenoxy) is 1. The van der Waals surface area contributed by atoms with E-state index in [1.54, 1.807) is 0 Å². The van der Waals surface area contributed by atoms with Crippen LogP contribution in [0.3, 0.4) is 0 Å². The lowest BCUT2D eigenvalue weighted by molar-refractivity contribution is -0.0563. The Morgan fingerprint density at radius 2 is 2.19 bits per heavy atom. The van der Waals surface area contributed by atoms with Gasteiger partial charge in [-0.05, 0) is 6.42 Å². The van der Waals surface area contributed by atoms with Gasteiger partial charge in [-0.2, -0.15) is 0 Å². The monoisotopic (exact) mass is 293 g/mol. The first kappa shape index (κ1) is 12.9. The molecule has 2 aliphatic rings. The number of hydrogen-bond acceptors (Lipinski definition) is 8. The number of aliphatic hydroxyl groups is 3. The maximum atomic E-state index is 10.3. The molecule has 1 unspecified atom stereocenters. The molecule has 0 amide bonds. The molecule has 112 valence electrons. The second kappa shape index (κ2) is 4.10. The molecule has 21 heavy (non-hydrogen) atoms. The molecule has 9 heteroatoms. The topological polar surface area (TPSA) is 140 Å². The molecule has 9 nitrogen and oxygen atoms in total. The summed E-state index contributed by atoms with van der Waals surface area (Å²) in [5.74, 6) is 0.0720. The van der Waals surface area contributed by atoms with Gasteiger partial charge in [0.05, 0.1) is 6.33 Å². The van der Waals surface area contributed by atoms with Gasteiger partial charge in [-0.3, -0.25) is 4.57 Å². The Morgan fingerprint density at radius 1 is 1.38 bits per heavy atom. The van der Waals surface area contributed by atoms with Crippen LogP contribution in [0.1, 0.15) is 12.6 Å². The molecule has 1 aliphatic carbocycles. The number of anilines is 1. The zero-order valence-corrected chi connectivity index (χ0v) is 11.0. The van der Waals surface area contributed by atoms with Crippen LogP contribution >= 0.6 is 0 Å². The molecule has 2 fully saturated rings. The first-order valence-corrected chi connectivity index (χ1v) is 6.66. The Hall–Kier alpha value is -1.81. The van der Waals surface area contributed by atoms with E-state index in [4.69, 9.17) is 10.5 Å². The summed E-state index contributed by atoms with van der Waals surface area (Å²) in [6.45, 7) is -0.0870. The molecule has 4 rings (SSSR count). The highest BCUT2D eigenvalue weighted by molar-refractivity contribution is 5.81. The zero-order valence-electron chi connectivity index (χ0n) is 11.0. The summed E-state index contributed by atoms with van der Waals surface area (Å²) in [5, 5.41) is 29.7. The Morgan fingerprint density at radius 3 is 2.90 bits per heavy atom. The average molecular weight is 293 g/mol. The van der Waals surface area contributed by atoms with Crippen molar-refractivity contribution in [3.63, 3.8) is 0 Å². The fourth-order valence-electron chi connectivity index (χ4n) is 3.14. The molecule has 5 atom stereocenters. The fraction of sp³-hybridized carbons (Fsp3) is 0.583. The summed E-state index contributed by atoms with van der Waals surface area (Å²) >= 11 is 0.